The third-order valence-corrected chi connectivity index (χ3v) is 7.16. The highest BCUT2D eigenvalue weighted by Crippen LogP contribution is 2.44. The quantitative estimate of drug-likeness (QED) is 0.502. The van der Waals surface area contributed by atoms with Crippen LogP contribution in [0, 0.1) is 0 Å². The van der Waals surface area contributed by atoms with E-state index in [1.165, 1.54) is 16.0 Å². The van der Waals surface area contributed by atoms with Crippen LogP contribution in [-0.4, -0.2) is 66.9 Å². The van der Waals surface area contributed by atoms with Crippen molar-refractivity contribution in [3.05, 3.63) is 59.7 Å². The molecule has 0 atom stereocenters. The van der Waals surface area contributed by atoms with Gasteiger partial charge in [-0.05, 0) is 35.1 Å². The molecule has 2 aromatic carbocycles. The van der Waals surface area contributed by atoms with Crippen LogP contribution in [-0.2, 0) is 19.1 Å². The van der Waals surface area contributed by atoms with Crippen molar-refractivity contribution in [1.29, 1.82) is 0 Å². The molecular weight excluding hydrogens is 448 g/mol. The maximum absolute atomic E-state index is 12.5. The molecule has 0 saturated heterocycles. The molecule has 0 radical (unpaired) electrons. The van der Waals surface area contributed by atoms with Gasteiger partial charge in [-0.2, -0.15) is 0 Å². The Bertz CT molecular complexity index is 1030. The fraction of sp³-hybridized carbons (Fsp3) is 0.444. The molecule has 1 fully saturated rings. The summed E-state index contributed by atoms with van der Waals surface area (Å²) in [6, 6.07) is 16.3. The van der Waals surface area contributed by atoms with E-state index in [1.807, 2.05) is 24.3 Å². The highest BCUT2D eigenvalue weighted by molar-refractivity contribution is 5.87. The van der Waals surface area contributed by atoms with Gasteiger partial charge in [0, 0.05) is 19.5 Å². The molecule has 0 heterocycles. The minimum absolute atomic E-state index is 0.00126. The van der Waals surface area contributed by atoms with Crippen LogP contribution in [0.25, 0.3) is 11.1 Å². The maximum Gasteiger partial charge on any atom is 0.407 e. The van der Waals surface area contributed by atoms with Crippen LogP contribution >= 0.6 is 0 Å². The number of benzene rings is 2. The second-order valence-electron chi connectivity index (χ2n) is 9.11. The van der Waals surface area contributed by atoms with E-state index in [1.54, 1.807) is 7.05 Å². The number of alkyl carbamates (subject to hydrolysis) is 1. The second kappa shape index (κ2) is 10.9. The molecule has 2 aromatic rings. The minimum Gasteiger partial charge on any atom is -0.479 e. The van der Waals surface area contributed by atoms with E-state index >= 15 is 0 Å². The number of carbonyl (C=O) groups is 3. The lowest BCUT2D eigenvalue weighted by molar-refractivity contribution is -0.157. The van der Waals surface area contributed by atoms with Gasteiger partial charge in [-0.15, -0.1) is 0 Å². The summed E-state index contributed by atoms with van der Waals surface area (Å²) in [7, 11) is 1.56. The van der Waals surface area contributed by atoms with E-state index in [4.69, 9.17) is 9.47 Å². The van der Waals surface area contributed by atoms with E-state index in [2.05, 4.69) is 29.6 Å². The van der Waals surface area contributed by atoms with Crippen LogP contribution in [0.3, 0.4) is 0 Å². The third-order valence-electron chi connectivity index (χ3n) is 7.16. The largest absolute Gasteiger partial charge is 0.479 e. The standard InChI is InChI=1S/C27H32N2O6/c1-29(27(25(31)32)13-6-7-14-27)24(30)12-16-34-17-15-28-26(33)35-18-23-21-10-4-2-8-19(21)20-9-3-5-11-22(20)23/h2-5,8-11,23H,6-7,12-18H2,1H3,(H,28,33)(H,31,32). The molecule has 8 nitrogen and oxygen atoms in total. The number of rotatable bonds is 10. The van der Waals surface area contributed by atoms with Crippen LogP contribution in [0.5, 0.6) is 0 Å². The molecule has 2 aliphatic carbocycles. The Morgan fingerprint density at radius 1 is 1.00 bits per heavy atom. The minimum atomic E-state index is -1.09. The van der Waals surface area contributed by atoms with Gasteiger partial charge in [0.25, 0.3) is 0 Å². The van der Waals surface area contributed by atoms with Crippen molar-refractivity contribution < 1.29 is 29.0 Å². The number of carboxylic acids is 1. The van der Waals surface area contributed by atoms with Gasteiger partial charge in [0.2, 0.25) is 5.91 Å². The Hall–Kier alpha value is -3.39. The van der Waals surface area contributed by atoms with E-state index in [-0.39, 0.29) is 44.6 Å². The van der Waals surface area contributed by atoms with Crippen LogP contribution in [0.15, 0.2) is 48.5 Å². The lowest BCUT2D eigenvalue weighted by Gasteiger charge is -2.34. The van der Waals surface area contributed by atoms with Crippen molar-refractivity contribution in [2.75, 3.05) is 33.4 Å². The van der Waals surface area contributed by atoms with Crippen molar-refractivity contribution in [3.8, 4) is 11.1 Å². The summed E-state index contributed by atoms with van der Waals surface area (Å²) in [6.45, 7) is 0.878. The molecule has 2 N–H and O–H groups in total. The third kappa shape index (κ3) is 5.17. The van der Waals surface area contributed by atoms with Crippen LogP contribution in [0.1, 0.15) is 49.1 Å². The van der Waals surface area contributed by atoms with Gasteiger partial charge < -0.3 is 24.8 Å². The van der Waals surface area contributed by atoms with Gasteiger partial charge in [-0.25, -0.2) is 9.59 Å². The molecule has 0 bridgehead atoms. The number of amides is 2. The number of carboxylic acid groups (broad SMARTS) is 1. The maximum atomic E-state index is 12.5. The molecule has 35 heavy (non-hydrogen) atoms. The summed E-state index contributed by atoms with van der Waals surface area (Å²) >= 11 is 0. The summed E-state index contributed by atoms with van der Waals surface area (Å²) in [6.07, 6.45) is 2.15. The Kier molecular flexibility index (Phi) is 7.70. The number of fused-ring (bicyclic) bond motifs is 3. The first-order chi connectivity index (χ1) is 16.9. The normalized spacial score (nSPS) is 15.8. The van der Waals surface area contributed by atoms with Gasteiger partial charge in [0.05, 0.1) is 19.6 Å². The summed E-state index contributed by atoms with van der Waals surface area (Å²) in [5.74, 6) is -1.20. The van der Waals surface area contributed by atoms with E-state index in [9.17, 15) is 19.5 Å². The fourth-order valence-electron chi connectivity index (χ4n) is 5.20. The number of nitrogens with one attached hydrogen (secondary N) is 1. The second-order valence-corrected chi connectivity index (χ2v) is 9.11. The van der Waals surface area contributed by atoms with Gasteiger partial charge in [0.1, 0.15) is 12.1 Å². The van der Waals surface area contributed by atoms with Crippen LogP contribution in [0.4, 0.5) is 4.79 Å². The summed E-state index contributed by atoms with van der Waals surface area (Å²) in [4.78, 5) is 37.7. The molecule has 0 aromatic heterocycles. The SMILES string of the molecule is CN(C(=O)CCOCCNC(=O)OCC1c2ccccc2-c2ccccc21)C1(C(=O)O)CCCC1. The number of aliphatic carboxylic acids is 1. The van der Waals surface area contributed by atoms with Gasteiger partial charge >= 0.3 is 12.1 Å². The number of ether oxygens (including phenoxy) is 2. The zero-order valence-corrected chi connectivity index (χ0v) is 20.0. The summed E-state index contributed by atoms with van der Waals surface area (Å²) in [5, 5.41) is 12.3. The van der Waals surface area contributed by atoms with Crippen molar-refractivity contribution in [1.82, 2.24) is 10.2 Å². The summed E-state index contributed by atoms with van der Waals surface area (Å²) in [5.41, 5.74) is 3.56. The zero-order chi connectivity index (χ0) is 24.8. The molecule has 0 aliphatic heterocycles. The lowest BCUT2D eigenvalue weighted by Crippen LogP contribution is -2.53. The topological polar surface area (TPSA) is 105 Å². The molecule has 1 saturated carbocycles. The highest BCUT2D eigenvalue weighted by atomic mass is 16.5. The Balaban J connectivity index is 1.15. The van der Waals surface area contributed by atoms with E-state index in [0.717, 1.165) is 24.0 Å². The van der Waals surface area contributed by atoms with Gasteiger partial charge in [-0.1, -0.05) is 61.4 Å². The van der Waals surface area contributed by atoms with E-state index < -0.39 is 17.6 Å². The highest BCUT2D eigenvalue weighted by Gasteiger charge is 2.46. The van der Waals surface area contributed by atoms with Gasteiger partial charge in [-0.3, -0.25) is 4.79 Å². The molecule has 4 rings (SSSR count). The average molecular weight is 481 g/mol. The average Bonchev–Trinajstić information content (AvgIpc) is 3.49. The smallest absolute Gasteiger partial charge is 0.407 e. The molecule has 0 unspecified atom stereocenters. The molecule has 8 heteroatoms. The lowest BCUT2D eigenvalue weighted by atomic mass is 9.95. The Morgan fingerprint density at radius 3 is 2.20 bits per heavy atom. The number of likely N-dealkylation sites (N-methyl/N-ethyl adjacent to an activating group) is 1. The molecule has 2 amide bonds. The van der Waals surface area contributed by atoms with Crippen molar-refractivity contribution in [2.24, 2.45) is 0 Å². The van der Waals surface area contributed by atoms with Gasteiger partial charge in [0.15, 0.2) is 0 Å². The Morgan fingerprint density at radius 2 is 1.60 bits per heavy atom. The zero-order valence-electron chi connectivity index (χ0n) is 20.0. The van der Waals surface area contributed by atoms with Crippen molar-refractivity contribution in [2.45, 2.75) is 43.6 Å². The van der Waals surface area contributed by atoms with Crippen molar-refractivity contribution in [3.63, 3.8) is 0 Å². The first-order valence-corrected chi connectivity index (χ1v) is 12.1. The molecular formula is C27H32N2O6. The van der Waals surface area contributed by atoms with Crippen LogP contribution < -0.4 is 5.32 Å². The number of carbonyl (C=O) groups excluding carboxylic acids is 2. The van der Waals surface area contributed by atoms with Crippen LogP contribution in [0.2, 0.25) is 0 Å². The first-order valence-electron chi connectivity index (χ1n) is 12.1. The number of hydrogen-bond donors (Lipinski definition) is 2. The molecule has 0 spiro atoms. The Labute approximate surface area is 205 Å². The predicted octanol–water partition coefficient (Wildman–Crippen LogP) is 3.79. The summed E-state index contributed by atoms with van der Waals surface area (Å²) < 4.78 is 11.0. The number of nitrogens with zero attached hydrogens (tertiary/aromatic N) is 1. The van der Waals surface area contributed by atoms with Crippen molar-refractivity contribution >= 4 is 18.0 Å². The first kappa shape index (κ1) is 24.7. The number of hydrogen-bond acceptors (Lipinski definition) is 5. The fourth-order valence-corrected chi connectivity index (χ4v) is 5.20. The molecule has 2 aliphatic rings. The predicted molar refractivity (Wildman–Crippen MR) is 130 cm³/mol. The molecule has 186 valence electrons. The monoisotopic (exact) mass is 480 g/mol. The van der Waals surface area contributed by atoms with E-state index in [0.29, 0.717) is 12.8 Å².